The van der Waals surface area contributed by atoms with Gasteiger partial charge in [0.1, 0.15) is 4.75 Å². The molecular formula is C34H38N4O7S2. The molecule has 2 N–H and O–H groups in total. The number of sulfone groups is 1. The molecule has 0 saturated carbocycles. The van der Waals surface area contributed by atoms with Crippen LogP contribution in [0.1, 0.15) is 55.5 Å². The van der Waals surface area contributed by atoms with Gasteiger partial charge in [-0.2, -0.15) is 0 Å². The number of thiophene rings is 1. The van der Waals surface area contributed by atoms with Crippen molar-refractivity contribution in [2.45, 2.75) is 56.1 Å². The van der Waals surface area contributed by atoms with Crippen molar-refractivity contribution >= 4 is 33.1 Å². The van der Waals surface area contributed by atoms with Crippen molar-refractivity contribution in [2.75, 3.05) is 25.4 Å². The Bertz CT molecular complexity index is 1760. The van der Waals surface area contributed by atoms with Gasteiger partial charge in [0.25, 0.3) is 0 Å². The SMILES string of the molecule is C[C@@H](NC(=O)N1CCC(CC(=O)NOC2CCCCO2)(c2ccc(-c3ccc(-c4cnco4)cc3)s2)S(=O)(=O)CC1)c1ccccc1. The van der Waals surface area contributed by atoms with Crippen molar-refractivity contribution in [3.8, 4) is 21.8 Å². The van der Waals surface area contributed by atoms with Crippen LogP contribution in [0, 0.1) is 0 Å². The number of aromatic nitrogens is 1. The lowest BCUT2D eigenvalue weighted by Crippen LogP contribution is -2.43. The van der Waals surface area contributed by atoms with E-state index in [4.69, 9.17) is 14.0 Å². The molecule has 248 valence electrons. The molecule has 2 aliphatic heterocycles. The van der Waals surface area contributed by atoms with Crippen LogP contribution in [-0.2, 0) is 29.0 Å². The van der Waals surface area contributed by atoms with Gasteiger partial charge in [0.05, 0.1) is 24.4 Å². The topological polar surface area (TPSA) is 140 Å². The first-order valence-corrected chi connectivity index (χ1v) is 18.2. The van der Waals surface area contributed by atoms with E-state index >= 15 is 0 Å². The molecule has 0 radical (unpaired) electrons. The van der Waals surface area contributed by atoms with Crippen LogP contribution in [0.15, 0.2) is 83.7 Å². The zero-order chi connectivity index (χ0) is 32.9. The Morgan fingerprint density at radius 3 is 2.57 bits per heavy atom. The predicted molar refractivity (Wildman–Crippen MR) is 178 cm³/mol. The maximum absolute atomic E-state index is 14.3. The third-order valence-electron chi connectivity index (χ3n) is 8.77. The quantitative estimate of drug-likeness (QED) is 0.211. The van der Waals surface area contributed by atoms with Crippen molar-refractivity contribution < 1.29 is 32.0 Å². The van der Waals surface area contributed by atoms with Crippen LogP contribution in [0.2, 0.25) is 0 Å². The molecule has 11 nitrogen and oxygen atoms in total. The fourth-order valence-corrected chi connectivity index (χ4v) is 9.61. The molecule has 13 heteroatoms. The minimum atomic E-state index is -3.94. The van der Waals surface area contributed by atoms with Crippen molar-refractivity contribution in [1.29, 1.82) is 0 Å². The molecule has 2 fully saturated rings. The first-order valence-electron chi connectivity index (χ1n) is 15.7. The zero-order valence-electron chi connectivity index (χ0n) is 26.1. The van der Waals surface area contributed by atoms with E-state index in [1.165, 1.54) is 22.6 Å². The number of ether oxygens (including phenoxy) is 1. The lowest BCUT2D eigenvalue weighted by atomic mass is 9.97. The van der Waals surface area contributed by atoms with Crippen LogP contribution >= 0.6 is 11.3 Å². The van der Waals surface area contributed by atoms with Gasteiger partial charge in [-0.1, -0.05) is 54.6 Å². The number of hydroxylamine groups is 1. The highest BCUT2D eigenvalue weighted by Gasteiger charge is 2.50. The Morgan fingerprint density at radius 2 is 1.85 bits per heavy atom. The smallest absolute Gasteiger partial charge is 0.317 e. The van der Waals surface area contributed by atoms with E-state index in [-0.39, 0.29) is 43.8 Å². The largest absolute Gasteiger partial charge is 0.444 e. The summed E-state index contributed by atoms with van der Waals surface area (Å²) < 4.78 is 38.0. The average molecular weight is 679 g/mol. The Hall–Kier alpha value is -4.04. The number of carbonyl (C=O) groups is 2. The van der Waals surface area contributed by atoms with Gasteiger partial charge in [0.15, 0.2) is 28.3 Å². The fraction of sp³-hybridized carbons (Fsp3) is 0.382. The highest BCUT2D eigenvalue weighted by Crippen LogP contribution is 2.45. The zero-order valence-corrected chi connectivity index (χ0v) is 27.7. The normalized spacial score (nSPS) is 21.8. The maximum atomic E-state index is 14.3. The summed E-state index contributed by atoms with van der Waals surface area (Å²) in [6.45, 7) is 2.58. The molecule has 0 spiro atoms. The summed E-state index contributed by atoms with van der Waals surface area (Å²) in [6.07, 6.45) is 4.60. The fourth-order valence-electron chi connectivity index (χ4n) is 6.00. The minimum absolute atomic E-state index is 0.00674. The second-order valence-electron chi connectivity index (χ2n) is 11.9. The van der Waals surface area contributed by atoms with Crippen LogP contribution in [0.25, 0.3) is 21.8 Å². The molecule has 0 bridgehead atoms. The van der Waals surface area contributed by atoms with Gasteiger partial charge >= 0.3 is 6.03 Å². The molecule has 47 heavy (non-hydrogen) atoms. The summed E-state index contributed by atoms with van der Waals surface area (Å²) in [5.41, 5.74) is 5.16. The number of nitrogens with zero attached hydrogens (tertiary/aromatic N) is 2. The lowest BCUT2D eigenvalue weighted by Gasteiger charge is -2.31. The van der Waals surface area contributed by atoms with Crippen LogP contribution in [-0.4, -0.2) is 62.0 Å². The Labute approximate surface area is 278 Å². The first-order chi connectivity index (χ1) is 22.7. The molecule has 4 heterocycles. The number of hydrogen-bond acceptors (Lipinski definition) is 9. The number of amides is 3. The number of oxazole rings is 1. The number of urea groups is 1. The molecular weight excluding hydrogens is 641 g/mol. The van der Waals surface area contributed by atoms with E-state index in [1.807, 2.05) is 67.6 Å². The van der Waals surface area contributed by atoms with Gasteiger partial charge in [0.2, 0.25) is 5.91 Å². The molecule has 4 aromatic rings. The third-order valence-corrected chi connectivity index (χ3v) is 12.7. The van der Waals surface area contributed by atoms with Crippen LogP contribution in [0.5, 0.6) is 0 Å². The molecule has 2 unspecified atom stereocenters. The lowest BCUT2D eigenvalue weighted by molar-refractivity contribution is -0.200. The molecule has 3 atom stereocenters. The van der Waals surface area contributed by atoms with Crippen LogP contribution < -0.4 is 10.8 Å². The summed E-state index contributed by atoms with van der Waals surface area (Å²) in [7, 11) is -3.94. The number of hydrogen-bond donors (Lipinski definition) is 2. The predicted octanol–water partition coefficient (Wildman–Crippen LogP) is 5.82. The highest BCUT2D eigenvalue weighted by molar-refractivity contribution is 7.92. The molecule has 2 saturated heterocycles. The van der Waals surface area contributed by atoms with Crippen molar-refractivity contribution in [1.82, 2.24) is 20.7 Å². The Kier molecular flexibility index (Phi) is 10.1. The van der Waals surface area contributed by atoms with E-state index in [2.05, 4.69) is 15.8 Å². The monoisotopic (exact) mass is 678 g/mol. The van der Waals surface area contributed by atoms with Gasteiger partial charge in [0, 0.05) is 41.4 Å². The summed E-state index contributed by atoms with van der Waals surface area (Å²) in [5.74, 6) is -0.214. The number of benzene rings is 2. The van der Waals surface area contributed by atoms with Crippen molar-refractivity contribution in [3.63, 3.8) is 0 Å². The number of nitrogens with one attached hydrogen (secondary N) is 2. The molecule has 2 aromatic heterocycles. The van der Waals surface area contributed by atoms with Crippen LogP contribution in [0.4, 0.5) is 4.79 Å². The van der Waals surface area contributed by atoms with E-state index < -0.39 is 26.8 Å². The summed E-state index contributed by atoms with van der Waals surface area (Å²) in [4.78, 5) is 39.2. The highest BCUT2D eigenvalue weighted by atomic mass is 32.2. The van der Waals surface area contributed by atoms with Crippen molar-refractivity contribution in [3.05, 3.63) is 89.8 Å². The maximum Gasteiger partial charge on any atom is 0.317 e. The van der Waals surface area contributed by atoms with Gasteiger partial charge in [-0.25, -0.2) is 28.5 Å². The van der Waals surface area contributed by atoms with E-state index in [0.29, 0.717) is 23.7 Å². The Morgan fingerprint density at radius 1 is 1.06 bits per heavy atom. The van der Waals surface area contributed by atoms with E-state index in [1.54, 1.807) is 12.3 Å². The van der Waals surface area contributed by atoms with Gasteiger partial charge in [-0.15, -0.1) is 11.3 Å². The number of carbonyl (C=O) groups excluding carboxylic acids is 2. The van der Waals surface area contributed by atoms with Gasteiger partial charge < -0.3 is 19.4 Å². The second-order valence-corrected chi connectivity index (χ2v) is 15.4. The summed E-state index contributed by atoms with van der Waals surface area (Å²) >= 11 is 1.33. The molecule has 2 aliphatic rings. The Balaban J connectivity index is 1.25. The van der Waals surface area contributed by atoms with Crippen LogP contribution in [0.3, 0.4) is 0 Å². The van der Waals surface area contributed by atoms with Gasteiger partial charge in [-0.05, 0) is 49.4 Å². The molecule has 0 aliphatic carbocycles. The molecule has 6 rings (SSSR count). The number of rotatable bonds is 9. The van der Waals surface area contributed by atoms with Crippen molar-refractivity contribution in [2.24, 2.45) is 0 Å². The molecule has 3 amide bonds. The van der Waals surface area contributed by atoms with Gasteiger partial charge in [-0.3, -0.25) is 4.79 Å². The summed E-state index contributed by atoms with van der Waals surface area (Å²) in [5, 5.41) is 3.00. The first kappa shape index (κ1) is 32.9. The average Bonchev–Trinajstić information content (AvgIpc) is 3.79. The van der Waals surface area contributed by atoms with E-state index in [0.717, 1.165) is 34.4 Å². The second kappa shape index (κ2) is 14.4. The molecule has 2 aromatic carbocycles. The minimum Gasteiger partial charge on any atom is -0.444 e. The third kappa shape index (κ3) is 7.43. The standard InChI is InChI=1S/C34H38N4O7S2/c1-24(25-7-3-2-4-8-25)36-33(40)38-17-16-34(47(41,42)20-18-38,21-31(39)37-45-32-9-5-6-19-43-32)30-15-14-29(46-30)27-12-10-26(11-13-27)28-22-35-23-44-28/h2-4,7-8,10-15,22-24,32H,5-6,9,16-21H2,1H3,(H,36,40)(H,37,39)/t24-,32?,34?/m1/s1. The van der Waals surface area contributed by atoms with E-state index in [9.17, 15) is 18.0 Å². The summed E-state index contributed by atoms with van der Waals surface area (Å²) in [6, 6.07) is 20.3.